The molecule has 0 aliphatic carbocycles. The number of ether oxygens (including phenoxy) is 4. The highest BCUT2D eigenvalue weighted by molar-refractivity contribution is 5.75. The van der Waals surface area contributed by atoms with Gasteiger partial charge in [0.1, 0.15) is 0 Å². The second kappa shape index (κ2) is 31.8. The zero-order chi connectivity index (χ0) is 26.9. The van der Waals surface area contributed by atoms with E-state index in [2.05, 4.69) is 85.2 Å². The Morgan fingerprint density at radius 1 is 0.568 bits per heavy atom. The third-order valence-corrected chi connectivity index (χ3v) is 4.88. The largest absolute Gasteiger partial charge is 0.382 e. The van der Waals surface area contributed by atoms with Crippen LogP contribution < -0.4 is 5.32 Å². The zero-order valence-electron chi connectivity index (χ0n) is 23.3. The van der Waals surface area contributed by atoms with Crippen LogP contribution in [-0.2, 0) is 23.7 Å². The van der Waals surface area contributed by atoms with Crippen molar-refractivity contribution >= 4 is 5.91 Å². The molecule has 0 heterocycles. The molecule has 1 N–H and O–H groups in total. The van der Waals surface area contributed by atoms with Crippen molar-refractivity contribution in [2.24, 2.45) is 0 Å². The van der Waals surface area contributed by atoms with Gasteiger partial charge in [0.05, 0.1) is 46.2 Å². The van der Waals surface area contributed by atoms with Crippen LogP contribution in [-0.4, -0.2) is 65.8 Å². The number of amides is 1. The number of nitrogens with one attached hydrogen (secondary N) is 1. The molecule has 0 fully saturated rings. The van der Waals surface area contributed by atoms with Crippen LogP contribution in [0.2, 0.25) is 0 Å². The van der Waals surface area contributed by atoms with Crippen molar-refractivity contribution in [2.75, 3.05) is 59.9 Å². The average Bonchev–Trinajstić information content (AvgIpc) is 2.90. The van der Waals surface area contributed by atoms with Crippen molar-refractivity contribution in [2.45, 2.75) is 58.3 Å². The first kappa shape index (κ1) is 34.8. The van der Waals surface area contributed by atoms with Gasteiger partial charge in [-0.2, -0.15) is 0 Å². The third kappa shape index (κ3) is 31.7. The fourth-order valence-corrected chi connectivity index (χ4v) is 2.89. The Morgan fingerprint density at radius 2 is 0.973 bits per heavy atom. The molecule has 0 radical (unpaired) electrons. The minimum Gasteiger partial charge on any atom is -0.382 e. The lowest BCUT2D eigenvalue weighted by Crippen LogP contribution is -2.27. The van der Waals surface area contributed by atoms with Crippen LogP contribution in [0.3, 0.4) is 0 Å². The molecule has 37 heavy (non-hydrogen) atoms. The summed E-state index contributed by atoms with van der Waals surface area (Å²) in [7, 11) is 1.65. The van der Waals surface area contributed by atoms with Crippen LogP contribution in [0.25, 0.3) is 0 Å². The highest BCUT2D eigenvalue weighted by Gasteiger charge is 1.98. The van der Waals surface area contributed by atoms with E-state index >= 15 is 0 Å². The summed E-state index contributed by atoms with van der Waals surface area (Å²) >= 11 is 0. The van der Waals surface area contributed by atoms with E-state index in [1.165, 1.54) is 0 Å². The Bertz CT molecular complexity index is 665. The SMILES string of the molecule is CC/C=C\C/C=C\C/C=C\C/C=C\C/C=C\C/C=C\CCC(=O)NCCOCCOCCOCCOC. The summed E-state index contributed by atoms with van der Waals surface area (Å²) in [5.74, 6) is 0.0487. The van der Waals surface area contributed by atoms with Gasteiger partial charge < -0.3 is 24.3 Å². The number of carbonyl (C=O) groups excluding carboxylic acids is 1. The molecule has 0 bridgehead atoms. The second-order valence-corrected chi connectivity index (χ2v) is 8.13. The topological polar surface area (TPSA) is 66.0 Å². The van der Waals surface area contributed by atoms with Gasteiger partial charge in [0.25, 0.3) is 0 Å². The molecule has 210 valence electrons. The molecule has 0 rings (SSSR count). The number of hydrogen-bond acceptors (Lipinski definition) is 5. The maximum absolute atomic E-state index is 11.8. The highest BCUT2D eigenvalue weighted by atomic mass is 16.6. The Labute approximate surface area is 226 Å². The summed E-state index contributed by atoms with van der Waals surface area (Å²) in [5, 5.41) is 2.87. The predicted octanol–water partition coefficient (Wildman–Crippen LogP) is 6.28. The number of methoxy groups -OCH3 is 1. The lowest BCUT2D eigenvalue weighted by molar-refractivity contribution is -0.121. The quantitative estimate of drug-likeness (QED) is 0.108. The van der Waals surface area contributed by atoms with E-state index in [4.69, 9.17) is 18.9 Å². The fourth-order valence-electron chi connectivity index (χ4n) is 2.89. The van der Waals surface area contributed by atoms with Crippen molar-refractivity contribution < 1.29 is 23.7 Å². The molecule has 0 saturated carbocycles. The van der Waals surface area contributed by atoms with Gasteiger partial charge in [-0.25, -0.2) is 0 Å². The monoisotopic (exact) mass is 517 g/mol. The standard InChI is InChI=1S/C31H51NO5/c1-3-4-5-6-7-8-9-10-11-12-13-14-15-16-17-18-19-20-21-22-31(33)32-23-24-35-27-28-37-30-29-36-26-25-34-2/h4-5,7-8,10-11,13-14,16-17,19-20H,3,6,9,12,15,18,21-30H2,1-2H3,(H,32,33)/b5-4-,8-7-,11-10-,14-13-,17-16-,20-19-. The van der Waals surface area contributed by atoms with E-state index in [1.54, 1.807) is 7.11 Å². The second-order valence-electron chi connectivity index (χ2n) is 8.13. The van der Waals surface area contributed by atoms with E-state index < -0.39 is 0 Å². The smallest absolute Gasteiger partial charge is 0.220 e. The Kier molecular flexibility index (Phi) is 29.8. The molecule has 0 spiro atoms. The number of allylic oxidation sites excluding steroid dienone is 12. The first-order valence-electron chi connectivity index (χ1n) is 13.7. The van der Waals surface area contributed by atoms with Gasteiger partial charge in [-0.15, -0.1) is 0 Å². The molecular formula is C31H51NO5. The van der Waals surface area contributed by atoms with Gasteiger partial charge in [-0.05, 0) is 44.9 Å². The molecule has 0 aromatic rings. The van der Waals surface area contributed by atoms with Crippen molar-refractivity contribution in [3.05, 3.63) is 72.9 Å². The lowest BCUT2D eigenvalue weighted by atomic mass is 10.2. The average molecular weight is 518 g/mol. The molecule has 0 saturated heterocycles. The van der Waals surface area contributed by atoms with Crippen LogP contribution >= 0.6 is 0 Å². The van der Waals surface area contributed by atoms with E-state index in [-0.39, 0.29) is 5.91 Å². The molecule has 0 aromatic carbocycles. The van der Waals surface area contributed by atoms with Crippen LogP contribution in [0.5, 0.6) is 0 Å². The molecule has 1 amide bonds. The summed E-state index contributed by atoms with van der Waals surface area (Å²) in [6.07, 6.45) is 33.3. The van der Waals surface area contributed by atoms with Crippen molar-refractivity contribution in [1.82, 2.24) is 5.32 Å². The molecule has 6 heteroatoms. The number of rotatable bonds is 26. The summed E-state index contributed by atoms with van der Waals surface area (Å²) in [4.78, 5) is 11.8. The summed E-state index contributed by atoms with van der Waals surface area (Å²) in [5.41, 5.74) is 0. The molecule has 0 unspecified atom stereocenters. The minimum absolute atomic E-state index is 0.0487. The van der Waals surface area contributed by atoms with Crippen molar-refractivity contribution in [3.63, 3.8) is 0 Å². The van der Waals surface area contributed by atoms with E-state index in [1.807, 2.05) is 0 Å². The summed E-state index contributed by atoms with van der Waals surface area (Å²) in [6.45, 7) is 6.44. The van der Waals surface area contributed by atoms with E-state index in [9.17, 15) is 4.79 Å². The van der Waals surface area contributed by atoms with Crippen LogP contribution in [0.1, 0.15) is 58.3 Å². The molecule has 0 atom stereocenters. The minimum atomic E-state index is 0.0487. The number of carbonyl (C=O) groups is 1. The predicted molar refractivity (Wildman–Crippen MR) is 155 cm³/mol. The molecule has 0 aliphatic rings. The van der Waals surface area contributed by atoms with Crippen LogP contribution in [0.4, 0.5) is 0 Å². The zero-order valence-corrected chi connectivity index (χ0v) is 23.3. The van der Waals surface area contributed by atoms with Crippen molar-refractivity contribution in [3.8, 4) is 0 Å². The Morgan fingerprint density at radius 3 is 1.43 bits per heavy atom. The van der Waals surface area contributed by atoms with Gasteiger partial charge >= 0.3 is 0 Å². The Balaban J connectivity index is 3.46. The van der Waals surface area contributed by atoms with Crippen LogP contribution in [0.15, 0.2) is 72.9 Å². The van der Waals surface area contributed by atoms with Crippen molar-refractivity contribution in [1.29, 1.82) is 0 Å². The van der Waals surface area contributed by atoms with Gasteiger partial charge in [0.15, 0.2) is 0 Å². The molecule has 6 nitrogen and oxygen atoms in total. The maximum atomic E-state index is 11.8. The fraction of sp³-hybridized carbons (Fsp3) is 0.581. The van der Waals surface area contributed by atoms with Gasteiger partial charge in [-0.3, -0.25) is 4.79 Å². The normalized spacial score (nSPS) is 12.6. The summed E-state index contributed by atoms with van der Waals surface area (Å²) < 4.78 is 21.0. The van der Waals surface area contributed by atoms with E-state index in [0.717, 1.165) is 44.9 Å². The number of hydrogen-bond donors (Lipinski definition) is 1. The third-order valence-electron chi connectivity index (χ3n) is 4.88. The van der Waals surface area contributed by atoms with Crippen LogP contribution in [0, 0.1) is 0 Å². The lowest BCUT2D eigenvalue weighted by Gasteiger charge is -2.07. The molecular weight excluding hydrogens is 466 g/mol. The van der Waals surface area contributed by atoms with Gasteiger partial charge in [0, 0.05) is 20.1 Å². The maximum Gasteiger partial charge on any atom is 0.220 e. The first-order valence-corrected chi connectivity index (χ1v) is 13.7. The van der Waals surface area contributed by atoms with Gasteiger partial charge in [-0.1, -0.05) is 79.8 Å². The summed E-state index contributed by atoms with van der Waals surface area (Å²) in [6, 6.07) is 0. The molecule has 0 aromatic heterocycles. The highest BCUT2D eigenvalue weighted by Crippen LogP contribution is 1.98. The first-order chi connectivity index (χ1) is 18.3. The molecule has 0 aliphatic heterocycles. The van der Waals surface area contributed by atoms with Gasteiger partial charge in [0.2, 0.25) is 5.91 Å². The van der Waals surface area contributed by atoms with E-state index in [0.29, 0.717) is 59.2 Å². The Hall–Kier alpha value is -2.25.